The summed E-state index contributed by atoms with van der Waals surface area (Å²) >= 11 is 0. The lowest BCUT2D eigenvalue weighted by Gasteiger charge is -2.37. The first-order chi connectivity index (χ1) is 17.1. The van der Waals surface area contributed by atoms with E-state index in [2.05, 4.69) is 4.90 Å². The number of carboxylic acid groups (broad SMARTS) is 1. The minimum atomic E-state index is -0.950. The number of piperazine rings is 1. The molecule has 5 rings (SSSR count). The molecule has 1 amide bonds. The third-order valence-electron chi connectivity index (χ3n) is 6.45. The van der Waals surface area contributed by atoms with E-state index in [4.69, 9.17) is 0 Å². The minimum Gasteiger partial charge on any atom is -0.478 e. The van der Waals surface area contributed by atoms with Gasteiger partial charge in [0.05, 0.1) is 11.3 Å². The first-order valence-corrected chi connectivity index (χ1v) is 11.7. The van der Waals surface area contributed by atoms with Crippen LogP contribution in [0.5, 0.6) is 0 Å². The molecule has 1 aliphatic rings. The van der Waals surface area contributed by atoms with Crippen LogP contribution in [0.2, 0.25) is 0 Å². The fourth-order valence-electron chi connectivity index (χ4n) is 4.69. The summed E-state index contributed by atoms with van der Waals surface area (Å²) in [6, 6.07) is 33.0. The van der Waals surface area contributed by atoms with Gasteiger partial charge in [-0.3, -0.25) is 4.79 Å². The Labute approximate surface area is 204 Å². The molecule has 0 radical (unpaired) electrons. The summed E-state index contributed by atoms with van der Waals surface area (Å²) in [5, 5.41) is 9.89. The van der Waals surface area contributed by atoms with Gasteiger partial charge in [0.2, 0.25) is 0 Å². The van der Waals surface area contributed by atoms with E-state index < -0.39 is 5.97 Å². The van der Waals surface area contributed by atoms with Gasteiger partial charge in [-0.25, -0.2) is 4.79 Å². The van der Waals surface area contributed by atoms with Crippen LogP contribution in [0.15, 0.2) is 103 Å². The van der Waals surface area contributed by atoms with Gasteiger partial charge in [0.1, 0.15) is 0 Å². The normalized spacial score (nSPS) is 13.5. The largest absolute Gasteiger partial charge is 0.478 e. The van der Waals surface area contributed by atoms with Crippen LogP contribution in [0, 0.1) is 0 Å². The van der Waals surface area contributed by atoms with Crippen LogP contribution in [-0.2, 0) is 0 Å². The van der Waals surface area contributed by atoms with Crippen LogP contribution in [-0.4, -0.2) is 48.1 Å². The van der Waals surface area contributed by atoms with Crippen molar-refractivity contribution in [3.63, 3.8) is 0 Å². The highest BCUT2D eigenvalue weighted by Gasteiger charge is 2.27. The number of anilines is 1. The summed E-state index contributed by atoms with van der Waals surface area (Å²) in [5.41, 5.74) is 5.60. The lowest BCUT2D eigenvalue weighted by atomic mass is 9.98. The van der Waals surface area contributed by atoms with Gasteiger partial charge in [-0.2, -0.15) is 0 Å². The molecule has 0 saturated carbocycles. The predicted octanol–water partition coefficient (Wildman–Crippen LogP) is 5.68. The Morgan fingerprint density at radius 2 is 1.23 bits per heavy atom. The van der Waals surface area contributed by atoms with Crippen molar-refractivity contribution in [2.75, 3.05) is 31.1 Å². The van der Waals surface area contributed by atoms with E-state index in [-0.39, 0.29) is 11.5 Å². The zero-order valence-electron chi connectivity index (χ0n) is 19.3. The number of amides is 1. The van der Waals surface area contributed by atoms with Gasteiger partial charge in [-0.05, 0) is 34.9 Å². The van der Waals surface area contributed by atoms with Crippen molar-refractivity contribution in [2.45, 2.75) is 0 Å². The fraction of sp³-hybridized carbons (Fsp3) is 0.133. The molecule has 5 nitrogen and oxygen atoms in total. The number of carboxylic acids is 1. The van der Waals surface area contributed by atoms with Crippen molar-refractivity contribution in [3.8, 4) is 22.3 Å². The molecule has 0 atom stereocenters. The van der Waals surface area contributed by atoms with Gasteiger partial charge < -0.3 is 14.9 Å². The van der Waals surface area contributed by atoms with Gasteiger partial charge in [-0.1, -0.05) is 84.9 Å². The second kappa shape index (κ2) is 9.85. The fourth-order valence-corrected chi connectivity index (χ4v) is 4.69. The maximum Gasteiger partial charge on any atom is 0.337 e. The Morgan fingerprint density at radius 3 is 1.89 bits per heavy atom. The van der Waals surface area contributed by atoms with Crippen LogP contribution >= 0.6 is 0 Å². The van der Waals surface area contributed by atoms with E-state index in [1.807, 2.05) is 95.9 Å². The van der Waals surface area contributed by atoms with Crippen molar-refractivity contribution in [1.29, 1.82) is 0 Å². The third-order valence-corrected chi connectivity index (χ3v) is 6.45. The Bertz CT molecular complexity index is 1340. The number of carbonyl (C=O) groups is 2. The molecule has 1 saturated heterocycles. The van der Waals surface area contributed by atoms with E-state index >= 15 is 0 Å². The highest BCUT2D eigenvalue weighted by molar-refractivity contribution is 6.00. The zero-order chi connectivity index (χ0) is 24.2. The molecule has 1 aliphatic heterocycles. The molecule has 0 aromatic heterocycles. The van der Waals surface area contributed by atoms with Crippen molar-refractivity contribution in [3.05, 3.63) is 114 Å². The number of benzene rings is 4. The van der Waals surface area contributed by atoms with Crippen LogP contribution in [0.3, 0.4) is 0 Å². The summed E-state index contributed by atoms with van der Waals surface area (Å²) in [6.07, 6.45) is 0. The molecule has 0 unspecified atom stereocenters. The summed E-state index contributed by atoms with van der Waals surface area (Å²) < 4.78 is 0. The Morgan fingerprint density at radius 1 is 0.629 bits per heavy atom. The minimum absolute atomic E-state index is 0.00256. The molecule has 1 heterocycles. The monoisotopic (exact) mass is 462 g/mol. The topological polar surface area (TPSA) is 60.9 Å². The number of nitrogens with zero attached hydrogens (tertiary/aromatic N) is 2. The number of hydrogen-bond donors (Lipinski definition) is 1. The number of carbonyl (C=O) groups excluding carboxylic acids is 1. The predicted molar refractivity (Wildman–Crippen MR) is 139 cm³/mol. The van der Waals surface area contributed by atoms with Gasteiger partial charge in [0.25, 0.3) is 5.91 Å². The van der Waals surface area contributed by atoms with Gasteiger partial charge in [0.15, 0.2) is 0 Å². The Hall–Kier alpha value is -4.38. The molecule has 4 aromatic rings. The summed E-state index contributed by atoms with van der Waals surface area (Å²) in [7, 11) is 0. The molecule has 0 bridgehead atoms. The first kappa shape index (κ1) is 22.4. The highest BCUT2D eigenvalue weighted by atomic mass is 16.4. The number of rotatable bonds is 5. The zero-order valence-corrected chi connectivity index (χ0v) is 19.3. The van der Waals surface area contributed by atoms with E-state index in [1.54, 1.807) is 12.1 Å². The molecule has 0 aliphatic carbocycles. The van der Waals surface area contributed by atoms with E-state index in [1.165, 1.54) is 0 Å². The molecule has 174 valence electrons. The Kier molecular flexibility index (Phi) is 6.31. The van der Waals surface area contributed by atoms with Crippen LogP contribution in [0.25, 0.3) is 22.3 Å². The molecule has 0 spiro atoms. The van der Waals surface area contributed by atoms with Gasteiger partial charge in [0, 0.05) is 37.3 Å². The lowest BCUT2D eigenvalue weighted by Crippen LogP contribution is -2.49. The smallest absolute Gasteiger partial charge is 0.337 e. The quantitative estimate of drug-likeness (QED) is 0.414. The van der Waals surface area contributed by atoms with Crippen molar-refractivity contribution >= 4 is 17.6 Å². The molecular weight excluding hydrogens is 436 g/mol. The third kappa shape index (κ3) is 4.66. The first-order valence-electron chi connectivity index (χ1n) is 11.7. The summed E-state index contributed by atoms with van der Waals surface area (Å²) in [6.45, 7) is 2.18. The standard InChI is InChI=1S/C30H26N2O3/c33-29(25-14-7-13-24(21-25)22-9-3-1-4-10-22)32-19-17-31(18-20-32)28-26(23-11-5-2-6-12-23)15-8-16-27(28)30(34)35/h1-16,21H,17-20H2,(H,34,35). The average molecular weight is 463 g/mol. The van der Waals surface area contributed by atoms with E-state index in [0.717, 1.165) is 22.3 Å². The Balaban J connectivity index is 1.37. The second-order valence-corrected chi connectivity index (χ2v) is 8.60. The maximum absolute atomic E-state index is 13.3. The van der Waals surface area contributed by atoms with E-state index in [0.29, 0.717) is 37.4 Å². The van der Waals surface area contributed by atoms with Crippen LogP contribution < -0.4 is 4.90 Å². The number of aromatic carboxylic acids is 1. The van der Waals surface area contributed by atoms with E-state index in [9.17, 15) is 14.7 Å². The van der Waals surface area contributed by atoms with Gasteiger partial charge >= 0.3 is 5.97 Å². The average Bonchev–Trinajstić information content (AvgIpc) is 2.93. The lowest BCUT2D eigenvalue weighted by molar-refractivity contribution is 0.0693. The summed E-state index contributed by atoms with van der Waals surface area (Å²) in [5.74, 6) is -0.953. The van der Waals surface area contributed by atoms with Gasteiger partial charge in [-0.15, -0.1) is 0 Å². The van der Waals surface area contributed by atoms with Crippen LogP contribution in [0.4, 0.5) is 5.69 Å². The number of para-hydroxylation sites is 1. The highest BCUT2D eigenvalue weighted by Crippen LogP contribution is 2.35. The SMILES string of the molecule is O=C(O)c1cccc(-c2ccccc2)c1N1CCN(C(=O)c2cccc(-c3ccccc3)c2)CC1. The van der Waals surface area contributed by atoms with Crippen LogP contribution in [0.1, 0.15) is 20.7 Å². The number of hydrogen-bond acceptors (Lipinski definition) is 3. The molecule has 1 fully saturated rings. The molecule has 4 aromatic carbocycles. The van der Waals surface area contributed by atoms with Crippen molar-refractivity contribution < 1.29 is 14.7 Å². The second-order valence-electron chi connectivity index (χ2n) is 8.60. The maximum atomic E-state index is 13.3. The molecule has 5 heteroatoms. The molecule has 35 heavy (non-hydrogen) atoms. The summed E-state index contributed by atoms with van der Waals surface area (Å²) in [4.78, 5) is 29.3. The van der Waals surface area contributed by atoms with Crippen molar-refractivity contribution in [2.24, 2.45) is 0 Å². The van der Waals surface area contributed by atoms with Crippen molar-refractivity contribution in [1.82, 2.24) is 4.90 Å². The molecule has 1 N–H and O–H groups in total. The molecular formula is C30H26N2O3.